The lowest BCUT2D eigenvalue weighted by Crippen LogP contribution is -2.02. The minimum atomic E-state index is -0.364. The Hall–Kier alpha value is -7.94. The summed E-state index contributed by atoms with van der Waals surface area (Å²) in [6.45, 7) is 10.6. The van der Waals surface area contributed by atoms with Crippen LogP contribution in [0, 0.1) is 37.8 Å². The number of rotatable bonds is 8. The summed E-state index contributed by atoms with van der Waals surface area (Å²) in [5.74, 6) is 1.86. The van der Waals surface area contributed by atoms with Crippen LogP contribution in [0.4, 0.5) is 11.4 Å². The van der Waals surface area contributed by atoms with Crippen molar-refractivity contribution in [2.75, 3.05) is 5.73 Å². The molecule has 0 unspecified atom stereocenters. The zero-order valence-electron chi connectivity index (χ0n) is 35.6. The highest BCUT2D eigenvalue weighted by Gasteiger charge is 2.23. The Morgan fingerprint density at radius 3 is 1.65 bits per heavy atom. The van der Waals surface area contributed by atoms with E-state index >= 15 is 0 Å². The first-order valence-corrected chi connectivity index (χ1v) is 19.8. The second kappa shape index (κ2) is 18.1. The van der Waals surface area contributed by atoms with Gasteiger partial charge in [0.1, 0.15) is 22.9 Å². The van der Waals surface area contributed by atoms with Gasteiger partial charge in [0.05, 0.1) is 51.6 Å². The Kier molecular flexibility index (Phi) is 12.3. The number of non-ortho nitro benzene ring substituents is 1. The molecule has 0 aliphatic carbocycles. The van der Waals surface area contributed by atoms with Gasteiger partial charge < -0.3 is 19.6 Å². The Bertz CT molecular complexity index is 2980. The Morgan fingerprint density at radius 1 is 0.694 bits per heavy atom. The van der Waals surface area contributed by atoms with Crippen LogP contribution in [0.15, 0.2) is 122 Å². The van der Waals surface area contributed by atoms with E-state index in [-0.39, 0.29) is 16.6 Å². The molecule has 0 saturated heterocycles. The summed E-state index contributed by atoms with van der Waals surface area (Å²) in [7, 11) is 3.79. The summed E-state index contributed by atoms with van der Waals surface area (Å²) in [6.07, 6.45) is 6.74. The summed E-state index contributed by atoms with van der Waals surface area (Å²) in [4.78, 5) is 34.7. The summed E-state index contributed by atoms with van der Waals surface area (Å²) < 4.78 is 12.6. The van der Waals surface area contributed by atoms with Crippen LogP contribution < -0.4 is 10.5 Å². The van der Waals surface area contributed by atoms with Gasteiger partial charge in [0.25, 0.3) is 5.69 Å². The van der Waals surface area contributed by atoms with Crippen LogP contribution in [0.3, 0.4) is 0 Å². The molecule has 0 aliphatic rings. The third-order valence-corrected chi connectivity index (χ3v) is 10.3. The minimum absolute atomic E-state index is 0.0120. The number of nitro benzene ring substituents is 1. The maximum absolute atomic E-state index is 11.7. The number of fused-ring (bicyclic) bond motifs is 2. The third-order valence-electron chi connectivity index (χ3n) is 10.3. The van der Waals surface area contributed by atoms with E-state index in [0.29, 0.717) is 23.5 Å². The molecule has 62 heavy (non-hydrogen) atoms. The first-order chi connectivity index (χ1) is 29.8. The number of ether oxygens (including phenoxy) is 1. The lowest BCUT2D eigenvalue weighted by Gasteiger charge is -2.10. The highest BCUT2D eigenvalue weighted by atomic mass is 16.6. The fourth-order valence-electron chi connectivity index (χ4n) is 7.53. The van der Waals surface area contributed by atoms with E-state index in [4.69, 9.17) is 15.5 Å². The quantitative estimate of drug-likeness (QED) is 0.0674. The van der Waals surface area contributed by atoms with E-state index in [1.807, 2.05) is 98.8 Å². The molecule has 5 heterocycles. The number of nitrogen functional groups attached to an aromatic ring is 1. The van der Waals surface area contributed by atoms with Gasteiger partial charge in [0, 0.05) is 57.5 Å². The molecular weight excluding hydrogens is 783 g/mol. The molecule has 0 saturated carbocycles. The van der Waals surface area contributed by atoms with Crippen molar-refractivity contribution in [3.05, 3.63) is 166 Å². The summed E-state index contributed by atoms with van der Waals surface area (Å²) in [5.41, 5.74) is 18.4. The molecule has 15 nitrogen and oxygen atoms in total. The summed E-state index contributed by atoms with van der Waals surface area (Å²) in [5, 5.41) is 20.3. The molecular formula is C47H47N11O4. The van der Waals surface area contributed by atoms with Gasteiger partial charge in [-0.05, 0) is 80.3 Å². The number of anilines is 1. The van der Waals surface area contributed by atoms with Crippen LogP contribution in [0.5, 0.6) is 5.75 Å². The number of aryl methyl sites for hydroxylation is 6. The number of pyridine rings is 1. The van der Waals surface area contributed by atoms with Gasteiger partial charge in [-0.15, -0.1) is 0 Å². The molecule has 0 fully saturated rings. The Balaban J connectivity index is 0.000000154. The van der Waals surface area contributed by atoms with Gasteiger partial charge in [-0.3, -0.25) is 29.3 Å². The zero-order valence-corrected chi connectivity index (χ0v) is 35.6. The van der Waals surface area contributed by atoms with E-state index in [0.717, 1.165) is 73.9 Å². The van der Waals surface area contributed by atoms with Crippen LogP contribution in [0.2, 0.25) is 0 Å². The monoisotopic (exact) mass is 829 g/mol. The average Bonchev–Trinajstić information content (AvgIpc) is 3.97. The minimum Gasteiger partial charge on any atom is -0.425 e. The van der Waals surface area contributed by atoms with E-state index in [9.17, 15) is 14.9 Å². The van der Waals surface area contributed by atoms with Gasteiger partial charge in [-0.1, -0.05) is 60.7 Å². The molecule has 0 bridgehead atoms. The molecule has 5 aromatic heterocycles. The van der Waals surface area contributed by atoms with Crippen molar-refractivity contribution in [3.8, 4) is 28.3 Å². The van der Waals surface area contributed by atoms with Crippen molar-refractivity contribution < 1.29 is 14.5 Å². The SMILES string of the molecule is CC(=O)Oc1cccnc1.Cc1cnn(C)c1-c1cc(N)c2nc(C)n(Cc3ccccc3)c2c1.Cc1cnn(C)c1-c1cc([N+](=O)[O-])c2nc(C)n(Cc3ccccc3)c2c1. The van der Waals surface area contributed by atoms with Gasteiger partial charge in [0.2, 0.25) is 0 Å². The van der Waals surface area contributed by atoms with Crippen LogP contribution in [-0.4, -0.2) is 54.5 Å². The van der Waals surface area contributed by atoms with Crippen LogP contribution in [-0.2, 0) is 32.0 Å². The molecule has 9 rings (SSSR count). The van der Waals surface area contributed by atoms with Crippen LogP contribution in [0.25, 0.3) is 44.6 Å². The normalized spacial score (nSPS) is 10.9. The fourth-order valence-corrected chi connectivity index (χ4v) is 7.53. The molecule has 15 heteroatoms. The number of nitro groups is 1. The number of aromatic nitrogens is 9. The van der Waals surface area contributed by atoms with Gasteiger partial charge in [-0.2, -0.15) is 10.2 Å². The first kappa shape index (κ1) is 42.2. The first-order valence-electron chi connectivity index (χ1n) is 19.8. The number of benzene rings is 4. The number of hydrogen-bond acceptors (Lipinski definition) is 10. The van der Waals surface area contributed by atoms with Gasteiger partial charge in [-0.25, -0.2) is 9.97 Å². The smallest absolute Gasteiger partial charge is 0.308 e. The van der Waals surface area contributed by atoms with Gasteiger partial charge >= 0.3 is 5.97 Å². The third kappa shape index (κ3) is 9.11. The maximum atomic E-state index is 11.7. The zero-order chi connectivity index (χ0) is 44.1. The van der Waals surface area contributed by atoms with E-state index in [1.54, 1.807) is 35.3 Å². The number of carbonyl (C=O) groups is 1. The molecule has 0 radical (unpaired) electrons. The lowest BCUT2D eigenvalue weighted by molar-refractivity contribution is -0.383. The van der Waals surface area contributed by atoms with Gasteiger partial charge in [0.15, 0.2) is 5.52 Å². The predicted molar refractivity (Wildman–Crippen MR) is 241 cm³/mol. The maximum Gasteiger partial charge on any atom is 0.308 e. The topological polar surface area (TPSA) is 180 Å². The van der Waals surface area contributed by atoms with Crippen LogP contribution in [0.1, 0.15) is 40.8 Å². The molecule has 2 N–H and O–H groups in total. The molecule has 0 atom stereocenters. The Morgan fingerprint density at radius 2 is 1.19 bits per heavy atom. The van der Waals surface area contributed by atoms with Crippen molar-refractivity contribution in [1.82, 2.24) is 43.6 Å². The van der Waals surface area contributed by atoms with E-state index in [2.05, 4.69) is 62.0 Å². The molecule has 0 spiro atoms. The number of esters is 1. The largest absolute Gasteiger partial charge is 0.425 e. The average molecular weight is 830 g/mol. The highest BCUT2D eigenvalue weighted by molar-refractivity contribution is 5.93. The van der Waals surface area contributed by atoms with E-state index < -0.39 is 0 Å². The summed E-state index contributed by atoms with van der Waals surface area (Å²) >= 11 is 0. The Labute approximate surface area is 358 Å². The van der Waals surface area contributed by atoms with Crippen LogP contribution >= 0.6 is 0 Å². The lowest BCUT2D eigenvalue weighted by atomic mass is 10.1. The standard InChI is InChI=1S/C20H19N5O2.C20H21N5.C7H7NO2/c1-13-11-21-23(3)20(13)16-9-17-19(18(10-16)25(26)27)22-14(2)24(17)12-15-7-5-4-6-8-15;1-13-11-22-24(3)20(13)16-9-17(21)19-18(10-16)25(14(2)23-19)12-15-7-5-4-6-8-15;1-6(9)10-7-3-2-4-8-5-7/h4-11H,12H2,1-3H3;4-11H,12,21H2,1-3H3;2-5H,1H3. The fraction of sp³-hybridized carbons (Fsp3) is 0.191. The summed E-state index contributed by atoms with van der Waals surface area (Å²) in [6, 6.07) is 31.5. The second-order valence-electron chi connectivity index (χ2n) is 14.9. The molecule has 314 valence electrons. The number of imidazole rings is 2. The number of nitrogens with two attached hydrogens (primary N) is 1. The van der Waals surface area contributed by atoms with Crippen molar-refractivity contribution in [2.45, 2.75) is 47.7 Å². The molecule has 0 amide bonds. The van der Waals surface area contributed by atoms with Crippen molar-refractivity contribution in [2.24, 2.45) is 14.1 Å². The molecule has 0 aliphatic heterocycles. The van der Waals surface area contributed by atoms with Crippen molar-refractivity contribution in [3.63, 3.8) is 0 Å². The van der Waals surface area contributed by atoms with Crippen molar-refractivity contribution >= 4 is 39.4 Å². The number of nitrogens with zero attached hydrogens (tertiary/aromatic N) is 10. The predicted octanol–water partition coefficient (Wildman–Crippen LogP) is 8.70. The number of hydrogen-bond donors (Lipinski definition) is 1. The van der Waals surface area contributed by atoms with E-state index in [1.165, 1.54) is 18.7 Å². The molecule has 4 aromatic carbocycles. The molecule has 9 aromatic rings. The highest BCUT2D eigenvalue weighted by Crippen LogP contribution is 2.35. The number of carbonyl (C=O) groups excluding carboxylic acids is 1. The van der Waals surface area contributed by atoms with Crippen molar-refractivity contribution in [1.29, 1.82) is 0 Å². The second-order valence-corrected chi connectivity index (χ2v) is 14.9.